The minimum atomic E-state index is -0.0220. The van der Waals surface area contributed by atoms with Crippen molar-refractivity contribution < 1.29 is 24.1 Å². The van der Waals surface area contributed by atoms with Crippen molar-refractivity contribution in [2.75, 3.05) is 55.6 Å². The van der Waals surface area contributed by atoms with E-state index in [1.54, 1.807) is 18.6 Å². The second-order valence-electron chi connectivity index (χ2n) is 16.8. The van der Waals surface area contributed by atoms with Crippen molar-refractivity contribution in [2.24, 2.45) is 4.99 Å². The fourth-order valence-electron chi connectivity index (χ4n) is 8.62. The molecule has 3 fully saturated rings. The molecule has 3 saturated heterocycles. The summed E-state index contributed by atoms with van der Waals surface area (Å²) in [4.78, 5) is 29.3. The van der Waals surface area contributed by atoms with E-state index in [1.807, 2.05) is 70.9 Å². The van der Waals surface area contributed by atoms with Gasteiger partial charge in [-0.3, -0.25) is 9.79 Å². The summed E-state index contributed by atoms with van der Waals surface area (Å²) in [5.41, 5.74) is 9.06. The lowest BCUT2D eigenvalue weighted by molar-refractivity contribution is 0.0903. The van der Waals surface area contributed by atoms with E-state index in [4.69, 9.17) is 14.2 Å². The van der Waals surface area contributed by atoms with Crippen molar-refractivity contribution in [3.05, 3.63) is 89.8 Å². The van der Waals surface area contributed by atoms with Gasteiger partial charge in [0.1, 0.15) is 0 Å². The van der Waals surface area contributed by atoms with E-state index in [0.717, 1.165) is 165 Å². The normalized spacial score (nSPS) is 16.2. The van der Waals surface area contributed by atoms with Crippen LogP contribution in [0.2, 0.25) is 0 Å². The molecular weight excluding hydrogens is 851 g/mol. The maximum Gasteiger partial charge on any atom is 0.159 e. The standard InChI is InChI=1S/C21H25N5O.C14H20N4O2.C14H18N4O2/c1-2-26-21-19(15-24-26)20(25-18-8-10-27-11-9-18)17(14-23-21)13-22-12-16-6-4-3-5-7-16;2*1-2-18-14-12(8-16-18)13(10(9-19)7-15-14)17-11-3-5-20-6-4-11/h3-7,13-15,18H,2,8-12H2,1H3,(H,23,25);7-8,11,19H,2-6,9H2,1H3,(H,15,17);7-9,11H,2-6H2,1H3,(H,15,17). The summed E-state index contributed by atoms with van der Waals surface area (Å²) in [7, 11) is 0. The van der Waals surface area contributed by atoms with Gasteiger partial charge in [0.25, 0.3) is 0 Å². The second kappa shape index (κ2) is 23.4. The van der Waals surface area contributed by atoms with Crippen LogP contribution in [0.15, 0.2) is 72.5 Å². The zero-order valence-corrected chi connectivity index (χ0v) is 38.8. The van der Waals surface area contributed by atoms with Gasteiger partial charge in [-0.05, 0) is 64.9 Å². The number of hydrogen-bond donors (Lipinski definition) is 4. The molecular formula is C49H63N13O5. The van der Waals surface area contributed by atoms with E-state index in [9.17, 15) is 9.90 Å². The van der Waals surface area contributed by atoms with Crippen LogP contribution < -0.4 is 16.0 Å². The molecule has 18 nitrogen and oxygen atoms in total. The predicted octanol–water partition coefficient (Wildman–Crippen LogP) is 7.05. The number of ether oxygens (including phenoxy) is 3. The van der Waals surface area contributed by atoms with E-state index < -0.39 is 0 Å². The molecule has 0 amide bonds. The third-order valence-corrected chi connectivity index (χ3v) is 12.4. The number of carbonyl (C=O) groups excluding carboxylic acids is 1. The average molecular weight is 914 g/mol. The average Bonchev–Trinajstić information content (AvgIpc) is 4.14. The molecule has 9 heterocycles. The van der Waals surface area contributed by atoms with Crippen LogP contribution in [0, 0.1) is 0 Å². The number of anilines is 3. The van der Waals surface area contributed by atoms with Crippen molar-refractivity contribution >= 4 is 62.7 Å². The molecule has 0 unspecified atom stereocenters. The number of hydrogen-bond acceptors (Lipinski definition) is 15. The maximum absolute atomic E-state index is 11.3. The fourth-order valence-corrected chi connectivity index (χ4v) is 8.62. The molecule has 67 heavy (non-hydrogen) atoms. The van der Waals surface area contributed by atoms with Crippen molar-refractivity contribution in [2.45, 2.75) is 110 Å². The van der Waals surface area contributed by atoms with Crippen LogP contribution in [0.1, 0.15) is 86.3 Å². The number of aliphatic imine (C=N–C) groups is 1. The number of fused-ring (bicyclic) bond motifs is 3. The van der Waals surface area contributed by atoms with Gasteiger partial charge in [-0.2, -0.15) is 15.3 Å². The number of aldehydes is 1. The first-order valence-electron chi connectivity index (χ1n) is 23.7. The highest BCUT2D eigenvalue weighted by Crippen LogP contribution is 2.30. The Morgan fingerprint density at radius 3 is 1.46 bits per heavy atom. The van der Waals surface area contributed by atoms with E-state index in [2.05, 4.69) is 70.2 Å². The van der Waals surface area contributed by atoms with Crippen molar-refractivity contribution in [1.82, 2.24) is 44.3 Å². The van der Waals surface area contributed by atoms with Gasteiger partial charge < -0.3 is 35.3 Å². The van der Waals surface area contributed by atoms with Gasteiger partial charge in [-0.15, -0.1) is 0 Å². The number of rotatable bonds is 14. The van der Waals surface area contributed by atoms with Crippen LogP contribution in [-0.2, 0) is 47.0 Å². The van der Waals surface area contributed by atoms with Gasteiger partial charge in [-0.25, -0.2) is 29.0 Å². The van der Waals surface area contributed by atoms with Crippen LogP contribution in [0.5, 0.6) is 0 Å². The molecule has 0 bridgehead atoms. The summed E-state index contributed by atoms with van der Waals surface area (Å²) in [5.74, 6) is 0. The minimum Gasteiger partial charge on any atom is -0.392 e. The van der Waals surface area contributed by atoms with Gasteiger partial charge in [0.05, 0.1) is 70.5 Å². The quantitative estimate of drug-likeness (QED) is 0.0638. The number of benzene rings is 1. The third kappa shape index (κ3) is 11.4. The zero-order valence-electron chi connectivity index (χ0n) is 38.8. The van der Waals surface area contributed by atoms with Gasteiger partial charge >= 0.3 is 0 Å². The molecule has 0 saturated carbocycles. The lowest BCUT2D eigenvalue weighted by atomic mass is 10.1. The molecule has 6 aromatic heterocycles. The topological polar surface area (TPSA) is 206 Å². The molecule has 7 aromatic rings. The summed E-state index contributed by atoms with van der Waals surface area (Å²) in [6, 6.07) is 11.4. The predicted molar refractivity (Wildman–Crippen MR) is 261 cm³/mol. The summed E-state index contributed by atoms with van der Waals surface area (Å²) in [5, 5.41) is 36.4. The zero-order chi connectivity index (χ0) is 46.4. The van der Waals surface area contributed by atoms with E-state index in [0.29, 0.717) is 30.2 Å². The van der Waals surface area contributed by atoms with Crippen molar-refractivity contribution in [3.63, 3.8) is 0 Å². The molecule has 354 valence electrons. The molecule has 3 aliphatic heterocycles. The van der Waals surface area contributed by atoms with E-state index in [-0.39, 0.29) is 6.61 Å². The highest BCUT2D eigenvalue weighted by atomic mass is 16.5. The van der Waals surface area contributed by atoms with E-state index >= 15 is 0 Å². The Hall–Kier alpha value is -6.34. The summed E-state index contributed by atoms with van der Waals surface area (Å²) in [6.07, 6.45) is 19.4. The highest BCUT2D eigenvalue weighted by Gasteiger charge is 2.21. The lowest BCUT2D eigenvalue weighted by Gasteiger charge is -2.25. The van der Waals surface area contributed by atoms with Crippen molar-refractivity contribution in [1.29, 1.82) is 0 Å². The smallest absolute Gasteiger partial charge is 0.159 e. The number of nitrogens with one attached hydrogen (secondary N) is 3. The maximum atomic E-state index is 11.3. The van der Waals surface area contributed by atoms with Gasteiger partial charge in [0.2, 0.25) is 0 Å². The number of aryl methyl sites for hydroxylation is 3. The lowest BCUT2D eigenvalue weighted by Crippen LogP contribution is -2.28. The molecule has 0 atom stereocenters. The first kappa shape index (κ1) is 47.2. The molecule has 4 N–H and O–H groups in total. The number of carbonyl (C=O) groups is 1. The summed E-state index contributed by atoms with van der Waals surface area (Å²) < 4.78 is 21.9. The summed E-state index contributed by atoms with van der Waals surface area (Å²) in [6.45, 7) is 13.8. The third-order valence-electron chi connectivity index (χ3n) is 12.4. The molecule has 0 aliphatic carbocycles. The summed E-state index contributed by atoms with van der Waals surface area (Å²) >= 11 is 0. The van der Waals surface area contributed by atoms with Gasteiger partial charge in [0.15, 0.2) is 23.2 Å². The van der Waals surface area contributed by atoms with E-state index in [1.165, 1.54) is 5.56 Å². The second-order valence-corrected chi connectivity index (χ2v) is 16.8. The number of aliphatic hydroxyl groups excluding tert-OH is 1. The Balaban J connectivity index is 0.000000139. The molecule has 18 heteroatoms. The van der Waals surface area contributed by atoms with Crippen LogP contribution in [0.4, 0.5) is 17.1 Å². The Bertz CT molecular complexity index is 2700. The Morgan fingerprint density at radius 2 is 1.01 bits per heavy atom. The van der Waals surface area contributed by atoms with Crippen LogP contribution >= 0.6 is 0 Å². The molecule has 3 aliphatic rings. The first-order chi connectivity index (χ1) is 33.0. The fraction of sp³-hybridized carbons (Fsp3) is 0.469. The molecule has 0 spiro atoms. The first-order valence-corrected chi connectivity index (χ1v) is 23.7. The van der Waals surface area contributed by atoms with Crippen LogP contribution in [0.3, 0.4) is 0 Å². The largest absolute Gasteiger partial charge is 0.392 e. The van der Waals surface area contributed by atoms with Crippen molar-refractivity contribution in [3.8, 4) is 0 Å². The number of pyridine rings is 3. The van der Waals surface area contributed by atoms with Gasteiger partial charge in [-0.1, -0.05) is 30.3 Å². The van der Waals surface area contributed by atoms with Crippen LogP contribution in [-0.4, -0.2) is 120 Å². The number of aliphatic hydroxyl groups is 1. The Morgan fingerprint density at radius 1 is 0.597 bits per heavy atom. The van der Waals surface area contributed by atoms with Crippen LogP contribution in [0.25, 0.3) is 33.1 Å². The highest BCUT2D eigenvalue weighted by molar-refractivity contribution is 6.00. The molecule has 1 aromatic carbocycles. The SMILES string of the molecule is CCn1ncc2c(NC3CCOCC3)c(C=NCc3ccccc3)cnc21.CCn1ncc2c(NC3CCOCC3)c(C=O)cnc21.CCn1ncc2c(NC3CCOCC3)c(CO)cnc21. The molecule has 10 rings (SSSR count). The monoisotopic (exact) mass is 914 g/mol. The van der Waals surface area contributed by atoms with Gasteiger partial charge in [0, 0.05) is 113 Å². The Kier molecular flexibility index (Phi) is 16.5. The number of nitrogens with zero attached hydrogens (tertiary/aromatic N) is 10. The Labute approximate surface area is 390 Å². The molecule has 0 radical (unpaired) electrons. The number of aromatic nitrogens is 9. The minimum absolute atomic E-state index is 0.0220.